The predicted octanol–water partition coefficient (Wildman–Crippen LogP) is 27.5. The van der Waals surface area contributed by atoms with E-state index in [0.717, 1.165) is 217 Å². The van der Waals surface area contributed by atoms with Gasteiger partial charge < -0.3 is 33.0 Å². The SMILES string of the molecule is C.CC(CC(=O)c1ccc(S(F)(F)(F)(F)F)cc1)C1CCC(c2ccnc3ccc(F)cc23)CC1.COC(=O)C1CC=C(OS(=O)(=O)C(F)(F)F)CC1.COC(=O)C1CC=C(c2ccnc3ccc(F)cc23)CC1.COC(=O)C1CCC(=O)CC1.COC(=O)C1CCC(c2ccnc3ccc(F)cc23)CC1.O=CC1CCC(c2ccnc3ccc(F)cc23)CC1.OCC1CCC(c2ccnc3ccc(F)cc23)CC1. The summed E-state index contributed by atoms with van der Waals surface area (Å²) in [5.41, 5.74) is 5.35. The first kappa shape index (κ1) is 112. The summed E-state index contributed by atoms with van der Waals surface area (Å²) in [5.74, 6) is -0.693. The lowest BCUT2D eigenvalue weighted by Crippen LogP contribution is -2.26. The molecule has 7 aliphatic rings. The highest BCUT2D eigenvalue weighted by Gasteiger charge is 2.65. The molecule has 0 amide bonds. The molecule has 5 aromatic heterocycles. The number of carbonyl (C=O) groups is 7. The second-order valence-corrected chi connectivity index (χ2v) is 41.4. The van der Waals surface area contributed by atoms with Gasteiger partial charge in [0, 0.05) is 102 Å². The highest BCUT2D eigenvalue weighted by Crippen LogP contribution is 3.02. The van der Waals surface area contributed by atoms with Crippen LogP contribution in [0.4, 0.5) is 54.6 Å². The summed E-state index contributed by atoms with van der Waals surface area (Å²) in [6.45, 7) is 2.22. The first-order valence-corrected chi connectivity index (χ1v) is 51.3. The summed E-state index contributed by atoms with van der Waals surface area (Å²) in [6, 6.07) is 35.5. The maximum absolute atomic E-state index is 13.8. The number of benzene rings is 6. The number of aliphatic hydroxyl groups is 1. The Labute approximate surface area is 828 Å². The molecule has 0 aliphatic heterocycles. The molecule has 11 aromatic rings. The molecule has 0 radical (unpaired) electrons. The average molecular weight is 2050 g/mol. The molecule has 1 N–H and O–H groups in total. The Morgan fingerprint density at radius 2 is 0.771 bits per heavy atom. The summed E-state index contributed by atoms with van der Waals surface area (Å²) in [6.07, 6.45) is 33.2. The molecule has 144 heavy (non-hydrogen) atoms. The summed E-state index contributed by atoms with van der Waals surface area (Å²) in [4.78, 5) is 98.8. The van der Waals surface area contributed by atoms with Crippen LogP contribution >= 0.6 is 10.2 Å². The minimum absolute atomic E-state index is 0. The number of rotatable bonds is 18. The van der Waals surface area contributed by atoms with Gasteiger partial charge in [0.1, 0.15) is 51.8 Å². The number of aliphatic hydroxyl groups excluding tert-OH is 1. The number of methoxy groups -OCH3 is 4. The summed E-state index contributed by atoms with van der Waals surface area (Å²) in [7, 11) is -9.93. The lowest BCUT2D eigenvalue weighted by Gasteiger charge is -2.40. The van der Waals surface area contributed by atoms with E-state index in [1.807, 2.05) is 43.5 Å². The molecule has 20 nitrogen and oxygen atoms in total. The van der Waals surface area contributed by atoms with E-state index in [0.29, 0.717) is 62.4 Å². The number of hydrogen-bond acceptors (Lipinski definition) is 20. The van der Waals surface area contributed by atoms with Crippen molar-refractivity contribution in [1.29, 1.82) is 0 Å². The van der Waals surface area contributed by atoms with Gasteiger partial charge in [-0.1, -0.05) is 39.9 Å². The van der Waals surface area contributed by atoms with Gasteiger partial charge >= 0.3 is 49.7 Å². The maximum atomic E-state index is 13.8. The topological polar surface area (TPSA) is 284 Å². The van der Waals surface area contributed by atoms with E-state index >= 15 is 0 Å². The number of pyridine rings is 5. The minimum atomic E-state index is -9.75. The number of fused-ring (bicyclic) bond motifs is 5. The Hall–Kier alpha value is -12.1. The number of alkyl halides is 3. The van der Waals surface area contributed by atoms with Gasteiger partial charge in [-0.15, -0.1) is 0 Å². The van der Waals surface area contributed by atoms with Gasteiger partial charge in [-0.2, -0.15) is 21.6 Å². The zero-order valence-electron chi connectivity index (χ0n) is 79.8. The molecular formula is C109H120F13N5O15S2. The van der Waals surface area contributed by atoms with E-state index in [1.54, 1.807) is 73.3 Å². The first-order valence-electron chi connectivity index (χ1n) is 47.9. The standard InChI is InChI=1S/C25H25F6NOS.C17H18FNO2.C17H16FNO2.C16H18FNO.C16H16FNO.C9H11F3O5S.C8H12O3.CH4/c1-16(14-25(33)19-6-9-21(10-7-19)34(27,28,29,30)31)17-2-4-18(5-3-17)22-12-13-32-24-11-8-20(26)15-23(22)24;2*1-21-17(20)12-4-2-11(3-5-12)14-8-9-19-16-7-6-13(18)10-15(14)16;2*17-13-5-6-16-15(9-13)14(7-8-18-16)12-3-1-11(10-19)2-4-12;1-16-8(13)6-2-4-7(5-3-6)17-18(14,15)9(10,11)12;1-11-8(10)6-2-4-7(9)5-3-6;/h6-13,15-18H,2-5,14H2,1H3;6-12H,2-5H2,1H3;2,6-10,12H,3-5H2,1H3;5-9,11-12,19H,1-4,10H2;5-12H,1-4H2;4,6H,2-3,5H2,1H3;6H,2-5H2,1H3;1H4. The van der Waals surface area contributed by atoms with Crippen LogP contribution in [0, 0.1) is 76.4 Å². The van der Waals surface area contributed by atoms with Crippen LogP contribution in [-0.4, -0.2) is 121 Å². The van der Waals surface area contributed by atoms with Crippen molar-refractivity contribution in [3.8, 4) is 0 Å². The molecule has 3 atom stereocenters. The lowest BCUT2D eigenvalue weighted by molar-refractivity contribution is -0.147. The second-order valence-electron chi connectivity index (χ2n) is 37.4. The van der Waals surface area contributed by atoms with E-state index < -0.39 is 42.6 Å². The summed E-state index contributed by atoms with van der Waals surface area (Å²) < 4.78 is 212. The van der Waals surface area contributed by atoms with Crippen LogP contribution in [0.1, 0.15) is 250 Å². The van der Waals surface area contributed by atoms with E-state index in [9.17, 15) is 102 Å². The molecule has 774 valence electrons. The number of halogens is 13. The molecule has 5 saturated carbocycles. The fourth-order valence-electron chi connectivity index (χ4n) is 20.1. The molecule has 5 fully saturated rings. The zero-order valence-corrected chi connectivity index (χ0v) is 81.5. The van der Waals surface area contributed by atoms with Crippen LogP contribution in [0.15, 0.2) is 199 Å². The number of hydrogen-bond donors (Lipinski definition) is 1. The Morgan fingerprint density at radius 1 is 0.431 bits per heavy atom. The maximum Gasteiger partial charge on any atom is 0.534 e. The number of nitrogens with zero attached hydrogens (tertiary/aromatic N) is 5. The monoisotopic (exact) mass is 2050 g/mol. The molecule has 0 bridgehead atoms. The normalized spacial score (nSPS) is 21.5. The van der Waals surface area contributed by atoms with Crippen molar-refractivity contribution in [2.45, 2.75) is 222 Å². The number of carbonyl (C=O) groups excluding carboxylic acids is 7. The predicted molar refractivity (Wildman–Crippen MR) is 525 cm³/mol. The molecule has 3 unspecified atom stereocenters. The highest BCUT2D eigenvalue weighted by molar-refractivity contribution is 8.45. The van der Waals surface area contributed by atoms with Crippen LogP contribution in [0.3, 0.4) is 0 Å². The molecule has 5 heterocycles. The summed E-state index contributed by atoms with van der Waals surface area (Å²) >= 11 is 0. The lowest BCUT2D eigenvalue weighted by atomic mass is 9.72. The van der Waals surface area contributed by atoms with Gasteiger partial charge in [-0.25, -0.2) is 22.0 Å². The number of aldehydes is 1. The van der Waals surface area contributed by atoms with Crippen molar-refractivity contribution >= 4 is 122 Å². The number of esters is 4. The number of Topliss-reactive ketones (excluding diaryl/α,β-unsaturated/α-hetero) is 2. The van der Waals surface area contributed by atoms with Gasteiger partial charge in [0.25, 0.3) is 0 Å². The molecule has 18 rings (SSSR count). The first-order chi connectivity index (χ1) is 68.0. The highest BCUT2D eigenvalue weighted by atomic mass is 32.5. The van der Waals surface area contributed by atoms with Gasteiger partial charge in [-0.3, -0.25) is 53.7 Å². The molecular weight excluding hydrogens is 1930 g/mol. The van der Waals surface area contributed by atoms with Gasteiger partial charge in [0.15, 0.2) is 5.78 Å². The van der Waals surface area contributed by atoms with Crippen molar-refractivity contribution in [3.05, 3.63) is 257 Å². The van der Waals surface area contributed by atoms with E-state index in [1.165, 1.54) is 82.0 Å². The number of ether oxygens (including phenoxy) is 4. The fourth-order valence-corrected chi connectivity index (χ4v) is 21.3. The molecule has 35 heteroatoms. The third-order valence-corrected chi connectivity index (χ3v) is 30.4. The van der Waals surface area contributed by atoms with E-state index in [-0.39, 0.29) is 157 Å². The third kappa shape index (κ3) is 30.3. The second kappa shape index (κ2) is 49.7. The molecule has 0 saturated heterocycles. The van der Waals surface area contributed by atoms with Crippen molar-refractivity contribution < 1.29 is 125 Å². The van der Waals surface area contributed by atoms with Crippen molar-refractivity contribution in [2.24, 2.45) is 47.3 Å². The van der Waals surface area contributed by atoms with Gasteiger partial charge in [0.05, 0.1) is 79.7 Å². The fraction of sp³-hybridized carbons (Fsp3) is 0.431. The van der Waals surface area contributed by atoms with Gasteiger partial charge in [-0.05, 0) is 374 Å². The molecule has 6 aromatic carbocycles. The Morgan fingerprint density at radius 3 is 1.12 bits per heavy atom. The Balaban J connectivity index is 0.000000163. The number of allylic oxidation sites excluding steroid dienone is 4. The van der Waals surface area contributed by atoms with Crippen LogP contribution in [0.5, 0.6) is 0 Å². The van der Waals surface area contributed by atoms with Crippen LogP contribution in [-0.2, 0) is 62.0 Å². The van der Waals surface area contributed by atoms with Gasteiger partial charge in [0.2, 0.25) is 0 Å². The number of aromatic nitrogens is 5. The van der Waals surface area contributed by atoms with Crippen molar-refractivity contribution in [3.63, 3.8) is 0 Å². The Bertz CT molecular complexity index is 6520. The quantitative estimate of drug-likeness (QED) is 0.0159. The third-order valence-electron chi connectivity index (χ3n) is 28.2. The largest absolute Gasteiger partial charge is 0.534 e. The van der Waals surface area contributed by atoms with Crippen LogP contribution in [0.2, 0.25) is 0 Å². The number of ketones is 2. The minimum Gasteiger partial charge on any atom is -0.469 e. The molecule has 0 spiro atoms. The average Bonchev–Trinajstić information content (AvgIpc) is 0.725. The summed E-state index contributed by atoms with van der Waals surface area (Å²) in [5, 5.41) is 13.6. The van der Waals surface area contributed by atoms with E-state index in [4.69, 9.17) is 9.47 Å². The molecule has 7 aliphatic carbocycles. The van der Waals surface area contributed by atoms with E-state index in [2.05, 4.69) is 44.7 Å². The van der Waals surface area contributed by atoms with Crippen molar-refractivity contribution in [1.82, 2.24) is 24.9 Å². The zero-order chi connectivity index (χ0) is 103. The van der Waals surface area contributed by atoms with Crippen molar-refractivity contribution in [2.75, 3.05) is 35.0 Å². The Kier molecular flexibility index (Phi) is 38.7. The smallest absolute Gasteiger partial charge is 0.469 e. The van der Waals surface area contributed by atoms with Crippen LogP contribution in [0.25, 0.3) is 60.1 Å². The van der Waals surface area contributed by atoms with Crippen LogP contribution < -0.4 is 0 Å².